The van der Waals surface area contributed by atoms with Crippen LogP contribution in [-0.2, 0) is 21.4 Å². The zero-order chi connectivity index (χ0) is 21.2. The number of hydrogen-bond donors (Lipinski definition) is 1. The molecule has 2 aromatic carbocycles. The predicted octanol–water partition coefficient (Wildman–Crippen LogP) is 4.47. The van der Waals surface area contributed by atoms with Crippen LogP contribution < -0.4 is 0 Å². The van der Waals surface area contributed by atoms with Crippen molar-refractivity contribution >= 4 is 17.0 Å². The number of benzene rings is 2. The molecule has 1 N–H and O–H groups in total. The minimum atomic E-state index is -0.424. The lowest BCUT2D eigenvalue weighted by atomic mass is 9.84. The molecule has 152 valence electrons. The summed E-state index contributed by atoms with van der Waals surface area (Å²) >= 11 is 0. The Morgan fingerprint density at radius 1 is 1.24 bits per heavy atom. The summed E-state index contributed by atoms with van der Waals surface area (Å²) < 4.78 is 5.26. The average Bonchev–Trinajstić information content (AvgIpc) is 3.10. The molecule has 0 saturated carbocycles. The highest BCUT2D eigenvalue weighted by atomic mass is 16.5. The third kappa shape index (κ3) is 4.65. The maximum atomic E-state index is 11.4. The Labute approximate surface area is 170 Å². The molecule has 6 nitrogen and oxygen atoms in total. The molecule has 0 radical (unpaired) electrons. The molecule has 6 heteroatoms. The first kappa shape index (κ1) is 20.6. The van der Waals surface area contributed by atoms with Crippen LogP contribution in [0, 0.1) is 0 Å². The molecule has 0 spiro atoms. The number of fused-ring (bicyclic) bond motifs is 1. The number of nitrogens with zero attached hydrogens (tertiary/aromatic N) is 3. The van der Waals surface area contributed by atoms with Gasteiger partial charge in [0.05, 0.1) is 6.10 Å². The van der Waals surface area contributed by atoms with E-state index in [1.165, 1.54) is 10.9 Å². The number of phenolic OH excluding ortho intramolecular Hbond substituents is 1. The van der Waals surface area contributed by atoms with E-state index in [1.807, 2.05) is 43.3 Å². The second-order valence-electron chi connectivity index (χ2n) is 8.23. The fraction of sp³-hybridized carbons (Fsp3) is 0.348. The van der Waals surface area contributed by atoms with E-state index in [0.29, 0.717) is 18.5 Å². The molecule has 0 aliphatic carbocycles. The minimum absolute atomic E-state index is 0.174. The number of phenols is 1. The summed E-state index contributed by atoms with van der Waals surface area (Å²) in [6.45, 7) is 11.4. The van der Waals surface area contributed by atoms with Crippen LogP contribution in [0.15, 0.2) is 49.1 Å². The highest BCUT2D eigenvalue weighted by Gasteiger charge is 2.23. The number of hydrogen-bond acceptors (Lipinski definition) is 5. The third-order valence-electron chi connectivity index (χ3n) is 4.78. The van der Waals surface area contributed by atoms with Gasteiger partial charge in [-0.2, -0.15) is 0 Å². The molecule has 0 bridgehead atoms. The van der Waals surface area contributed by atoms with E-state index in [1.54, 1.807) is 0 Å². The van der Waals surface area contributed by atoms with Gasteiger partial charge in [0.15, 0.2) is 0 Å². The van der Waals surface area contributed by atoms with Crippen molar-refractivity contribution in [3.8, 4) is 11.4 Å². The minimum Gasteiger partial charge on any atom is -0.505 e. The quantitative estimate of drug-likeness (QED) is 0.494. The van der Waals surface area contributed by atoms with Crippen molar-refractivity contribution in [3.63, 3.8) is 0 Å². The molecule has 0 fully saturated rings. The number of carbonyl (C=O) groups excluding carboxylic acids is 1. The maximum Gasteiger partial charge on any atom is 0.330 e. The maximum absolute atomic E-state index is 11.4. The number of esters is 1. The van der Waals surface area contributed by atoms with Crippen LogP contribution in [0.2, 0.25) is 0 Å². The lowest BCUT2D eigenvalue weighted by Crippen LogP contribution is -2.16. The molecule has 0 aliphatic heterocycles. The molecular formula is C23H27N3O3. The first-order chi connectivity index (χ1) is 13.7. The van der Waals surface area contributed by atoms with Gasteiger partial charge in [0.2, 0.25) is 0 Å². The third-order valence-corrected chi connectivity index (χ3v) is 4.78. The van der Waals surface area contributed by atoms with Gasteiger partial charge in [0.25, 0.3) is 0 Å². The SMILES string of the molecule is C=CC(=O)OC(C)CCc1cc(-n2nc3ccccc3n2)c(O)c(C(C)(C)C)c1. The van der Waals surface area contributed by atoms with E-state index < -0.39 is 5.97 Å². The average molecular weight is 393 g/mol. The van der Waals surface area contributed by atoms with Gasteiger partial charge in [-0.05, 0) is 48.9 Å². The number of aryl methyl sites for hydroxylation is 1. The molecule has 3 rings (SSSR count). The van der Waals surface area contributed by atoms with Crippen LogP contribution in [0.25, 0.3) is 16.7 Å². The van der Waals surface area contributed by atoms with E-state index >= 15 is 0 Å². The second kappa shape index (κ2) is 8.07. The molecule has 29 heavy (non-hydrogen) atoms. The zero-order valence-corrected chi connectivity index (χ0v) is 17.3. The number of rotatable bonds is 6. The summed E-state index contributed by atoms with van der Waals surface area (Å²) in [5.74, 6) is -0.251. The van der Waals surface area contributed by atoms with E-state index in [2.05, 4.69) is 37.5 Å². The standard InChI is InChI=1S/C23H27N3O3/c1-6-21(27)29-15(2)11-12-16-13-17(23(3,4)5)22(28)20(14-16)26-24-18-9-7-8-10-19(18)25-26/h6-10,13-15,28H,1,11-12H2,2-5H3. The summed E-state index contributed by atoms with van der Waals surface area (Å²) in [5.41, 5.74) is 3.65. The van der Waals surface area contributed by atoms with Gasteiger partial charge in [0.1, 0.15) is 22.5 Å². The van der Waals surface area contributed by atoms with Crippen LogP contribution in [0.3, 0.4) is 0 Å². The number of aromatic hydroxyl groups is 1. The largest absolute Gasteiger partial charge is 0.505 e. The predicted molar refractivity (Wildman–Crippen MR) is 113 cm³/mol. The van der Waals surface area contributed by atoms with E-state index in [9.17, 15) is 9.90 Å². The highest BCUT2D eigenvalue weighted by molar-refractivity contribution is 5.81. The Hall–Kier alpha value is -3.15. The first-order valence-corrected chi connectivity index (χ1v) is 9.71. The molecule has 1 heterocycles. The molecule has 3 aromatic rings. The van der Waals surface area contributed by atoms with Gasteiger partial charge >= 0.3 is 5.97 Å². The van der Waals surface area contributed by atoms with Crippen LogP contribution in [0.4, 0.5) is 0 Å². The number of ether oxygens (including phenoxy) is 1. The summed E-state index contributed by atoms with van der Waals surface area (Å²) in [4.78, 5) is 12.9. The van der Waals surface area contributed by atoms with Gasteiger partial charge in [-0.25, -0.2) is 4.79 Å². The molecule has 0 aliphatic rings. The topological polar surface area (TPSA) is 77.2 Å². The summed E-state index contributed by atoms with van der Waals surface area (Å²) in [6.07, 6.45) is 2.27. The Morgan fingerprint density at radius 3 is 2.41 bits per heavy atom. The van der Waals surface area contributed by atoms with Crippen molar-refractivity contribution < 1.29 is 14.6 Å². The molecule has 0 amide bonds. The van der Waals surface area contributed by atoms with Gasteiger partial charge in [0, 0.05) is 11.6 Å². The van der Waals surface area contributed by atoms with Crippen molar-refractivity contribution in [1.82, 2.24) is 15.0 Å². The Bertz CT molecular complexity index is 1010. The number of aromatic nitrogens is 3. The first-order valence-electron chi connectivity index (χ1n) is 9.71. The fourth-order valence-corrected chi connectivity index (χ4v) is 3.19. The molecule has 0 saturated heterocycles. The van der Waals surface area contributed by atoms with Gasteiger partial charge in [-0.3, -0.25) is 0 Å². The van der Waals surface area contributed by atoms with E-state index in [4.69, 9.17) is 4.74 Å². The van der Waals surface area contributed by atoms with E-state index in [0.717, 1.165) is 22.2 Å². The highest BCUT2D eigenvalue weighted by Crippen LogP contribution is 2.36. The summed E-state index contributed by atoms with van der Waals surface area (Å²) in [5, 5.41) is 20.0. The Balaban J connectivity index is 1.98. The summed E-state index contributed by atoms with van der Waals surface area (Å²) in [7, 11) is 0. The van der Waals surface area contributed by atoms with Crippen molar-refractivity contribution in [1.29, 1.82) is 0 Å². The normalized spacial score (nSPS) is 12.7. The van der Waals surface area contributed by atoms with Crippen molar-refractivity contribution in [2.24, 2.45) is 0 Å². The second-order valence-corrected chi connectivity index (χ2v) is 8.23. The van der Waals surface area contributed by atoms with Crippen LogP contribution in [0.1, 0.15) is 45.2 Å². The number of carbonyl (C=O) groups is 1. The van der Waals surface area contributed by atoms with Crippen LogP contribution in [0.5, 0.6) is 5.75 Å². The lowest BCUT2D eigenvalue weighted by molar-refractivity contribution is -0.142. The molecule has 1 unspecified atom stereocenters. The van der Waals surface area contributed by atoms with E-state index in [-0.39, 0.29) is 17.3 Å². The van der Waals surface area contributed by atoms with Crippen LogP contribution >= 0.6 is 0 Å². The molecular weight excluding hydrogens is 366 g/mol. The summed E-state index contributed by atoms with van der Waals surface area (Å²) in [6, 6.07) is 11.5. The fourth-order valence-electron chi connectivity index (χ4n) is 3.19. The molecule has 1 atom stereocenters. The zero-order valence-electron chi connectivity index (χ0n) is 17.3. The van der Waals surface area contributed by atoms with Crippen molar-refractivity contribution in [2.75, 3.05) is 0 Å². The lowest BCUT2D eigenvalue weighted by Gasteiger charge is -2.23. The smallest absolute Gasteiger partial charge is 0.330 e. The van der Waals surface area contributed by atoms with Crippen LogP contribution in [-0.4, -0.2) is 32.2 Å². The van der Waals surface area contributed by atoms with Crippen molar-refractivity contribution in [2.45, 2.75) is 52.1 Å². The molecule has 1 aromatic heterocycles. The monoisotopic (exact) mass is 393 g/mol. The Morgan fingerprint density at radius 2 is 1.86 bits per heavy atom. The van der Waals surface area contributed by atoms with Gasteiger partial charge in [-0.1, -0.05) is 45.5 Å². The van der Waals surface area contributed by atoms with Gasteiger partial charge in [-0.15, -0.1) is 15.0 Å². The van der Waals surface area contributed by atoms with Gasteiger partial charge < -0.3 is 9.84 Å². The Kier molecular flexibility index (Phi) is 5.73. The van der Waals surface area contributed by atoms with Crippen molar-refractivity contribution in [3.05, 3.63) is 60.2 Å².